The van der Waals surface area contributed by atoms with E-state index in [-0.39, 0.29) is 6.09 Å². The molecule has 0 radical (unpaired) electrons. The lowest BCUT2D eigenvalue weighted by molar-refractivity contribution is -0.126. The van der Waals surface area contributed by atoms with Crippen molar-refractivity contribution in [1.82, 2.24) is 9.80 Å². The standard InChI is InChI=1S/C9H13N3O3/c1-2-15-9(14)12-5-3-11(4-6-12)8(13)7-10/h2-6H2,1H3. The SMILES string of the molecule is CCOC(=O)N1CCN(C(=O)C#N)CC1. The molecule has 0 atom stereocenters. The Balaban J connectivity index is 2.39. The minimum Gasteiger partial charge on any atom is -0.450 e. The van der Waals surface area contributed by atoms with Gasteiger partial charge in [-0.15, -0.1) is 0 Å². The quantitative estimate of drug-likeness (QED) is 0.563. The number of rotatable bonds is 1. The van der Waals surface area contributed by atoms with Gasteiger partial charge >= 0.3 is 12.0 Å². The van der Waals surface area contributed by atoms with Gasteiger partial charge in [-0.05, 0) is 6.92 Å². The molecular formula is C9H13N3O3. The fourth-order valence-corrected chi connectivity index (χ4v) is 1.38. The van der Waals surface area contributed by atoms with Gasteiger partial charge < -0.3 is 14.5 Å². The molecule has 0 aromatic rings. The molecule has 0 N–H and O–H groups in total. The molecule has 1 heterocycles. The van der Waals surface area contributed by atoms with Gasteiger partial charge in [0.1, 0.15) is 0 Å². The number of ether oxygens (including phenoxy) is 1. The van der Waals surface area contributed by atoms with E-state index in [1.165, 1.54) is 9.80 Å². The lowest BCUT2D eigenvalue weighted by Crippen LogP contribution is -2.50. The number of nitriles is 1. The first-order chi connectivity index (χ1) is 7.19. The third-order valence-electron chi connectivity index (χ3n) is 2.19. The molecule has 1 aliphatic rings. The third-order valence-corrected chi connectivity index (χ3v) is 2.19. The van der Waals surface area contributed by atoms with E-state index >= 15 is 0 Å². The van der Waals surface area contributed by atoms with Crippen LogP contribution < -0.4 is 0 Å². The Morgan fingerprint density at radius 3 is 2.27 bits per heavy atom. The largest absolute Gasteiger partial charge is 0.450 e. The second-order valence-corrected chi connectivity index (χ2v) is 3.09. The molecule has 2 amide bonds. The summed E-state index contributed by atoms with van der Waals surface area (Å²) < 4.78 is 4.82. The van der Waals surface area contributed by atoms with Crippen LogP contribution in [0.15, 0.2) is 0 Å². The van der Waals surface area contributed by atoms with Crippen LogP contribution >= 0.6 is 0 Å². The molecule has 0 unspecified atom stereocenters. The molecule has 0 aromatic heterocycles. The van der Waals surface area contributed by atoms with Crippen molar-refractivity contribution in [3.05, 3.63) is 0 Å². The predicted molar refractivity (Wildman–Crippen MR) is 50.8 cm³/mol. The van der Waals surface area contributed by atoms with E-state index in [0.29, 0.717) is 32.8 Å². The normalized spacial score (nSPS) is 15.7. The van der Waals surface area contributed by atoms with Crippen molar-refractivity contribution in [3.63, 3.8) is 0 Å². The van der Waals surface area contributed by atoms with Crippen molar-refractivity contribution in [2.75, 3.05) is 32.8 Å². The average molecular weight is 211 g/mol. The minimum absolute atomic E-state index is 0.343. The molecule has 0 bridgehead atoms. The topological polar surface area (TPSA) is 73.6 Å². The molecule has 6 heteroatoms. The van der Waals surface area contributed by atoms with Crippen LogP contribution in [0.5, 0.6) is 0 Å². The van der Waals surface area contributed by atoms with Gasteiger partial charge in [-0.2, -0.15) is 5.26 Å². The maximum atomic E-state index is 11.3. The number of amides is 2. The third kappa shape index (κ3) is 2.84. The van der Waals surface area contributed by atoms with Crippen LogP contribution in [-0.2, 0) is 9.53 Å². The van der Waals surface area contributed by atoms with E-state index in [4.69, 9.17) is 10.00 Å². The highest BCUT2D eigenvalue weighted by Gasteiger charge is 2.24. The van der Waals surface area contributed by atoms with Crippen LogP contribution in [0, 0.1) is 11.3 Å². The molecule has 0 aliphatic carbocycles. The fraction of sp³-hybridized carbons (Fsp3) is 0.667. The van der Waals surface area contributed by atoms with Crippen LogP contribution in [0.1, 0.15) is 6.92 Å². The first kappa shape index (κ1) is 11.3. The van der Waals surface area contributed by atoms with E-state index in [9.17, 15) is 9.59 Å². The Labute approximate surface area is 88.0 Å². The van der Waals surface area contributed by atoms with Crippen LogP contribution in [-0.4, -0.2) is 54.6 Å². The second kappa shape index (κ2) is 5.20. The number of carbonyl (C=O) groups excluding carboxylic acids is 2. The summed E-state index contributed by atoms with van der Waals surface area (Å²) in [5, 5.41) is 8.40. The Bertz CT molecular complexity index is 289. The lowest BCUT2D eigenvalue weighted by atomic mass is 10.3. The molecule has 6 nitrogen and oxygen atoms in total. The van der Waals surface area contributed by atoms with Gasteiger partial charge in [0.25, 0.3) is 0 Å². The van der Waals surface area contributed by atoms with Crippen LogP contribution in [0.2, 0.25) is 0 Å². The Kier molecular flexibility index (Phi) is 3.92. The Hall–Kier alpha value is -1.77. The highest BCUT2D eigenvalue weighted by atomic mass is 16.6. The van der Waals surface area contributed by atoms with Gasteiger partial charge in [0.2, 0.25) is 0 Å². The van der Waals surface area contributed by atoms with Crippen molar-refractivity contribution in [1.29, 1.82) is 5.26 Å². The Morgan fingerprint density at radius 2 is 1.80 bits per heavy atom. The highest BCUT2D eigenvalue weighted by Crippen LogP contribution is 2.03. The van der Waals surface area contributed by atoms with Gasteiger partial charge in [-0.3, -0.25) is 4.79 Å². The van der Waals surface area contributed by atoms with Crippen molar-refractivity contribution in [2.45, 2.75) is 6.92 Å². The van der Waals surface area contributed by atoms with Crippen LogP contribution in [0.4, 0.5) is 4.79 Å². The molecule has 0 spiro atoms. The van der Waals surface area contributed by atoms with E-state index < -0.39 is 5.91 Å². The number of hydrogen-bond donors (Lipinski definition) is 0. The number of piperazine rings is 1. The van der Waals surface area contributed by atoms with Gasteiger partial charge in [-0.25, -0.2) is 4.79 Å². The summed E-state index contributed by atoms with van der Waals surface area (Å²) in [5.74, 6) is -0.543. The van der Waals surface area contributed by atoms with E-state index in [2.05, 4.69) is 0 Å². The van der Waals surface area contributed by atoms with Gasteiger partial charge in [0.05, 0.1) is 6.61 Å². The van der Waals surface area contributed by atoms with Crippen molar-refractivity contribution < 1.29 is 14.3 Å². The molecule has 1 saturated heterocycles. The molecule has 15 heavy (non-hydrogen) atoms. The highest BCUT2D eigenvalue weighted by molar-refractivity contribution is 5.91. The summed E-state index contributed by atoms with van der Waals surface area (Å²) in [6, 6.07) is 1.56. The monoisotopic (exact) mass is 211 g/mol. The average Bonchev–Trinajstić information content (AvgIpc) is 2.28. The zero-order valence-electron chi connectivity index (χ0n) is 8.60. The molecule has 1 rings (SSSR count). The second-order valence-electron chi connectivity index (χ2n) is 3.09. The van der Waals surface area contributed by atoms with E-state index in [0.717, 1.165) is 0 Å². The van der Waals surface area contributed by atoms with E-state index in [1.807, 2.05) is 0 Å². The summed E-state index contributed by atoms with van der Waals surface area (Å²) in [4.78, 5) is 25.2. The molecule has 1 aliphatic heterocycles. The minimum atomic E-state index is -0.543. The summed E-state index contributed by atoms with van der Waals surface area (Å²) >= 11 is 0. The molecule has 0 aromatic carbocycles. The van der Waals surface area contributed by atoms with Gasteiger partial charge in [0, 0.05) is 26.2 Å². The lowest BCUT2D eigenvalue weighted by Gasteiger charge is -2.32. The molecule has 0 saturated carbocycles. The van der Waals surface area contributed by atoms with Crippen LogP contribution in [0.3, 0.4) is 0 Å². The first-order valence-corrected chi connectivity index (χ1v) is 4.79. The summed E-state index contributed by atoms with van der Waals surface area (Å²) in [5.41, 5.74) is 0. The summed E-state index contributed by atoms with van der Waals surface area (Å²) in [6.45, 7) is 3.72. The summed E-state index contributed by atoms with van der Waals surface area (Å²) in [7, 11) is 0. The van der Waals surface area contributed by atoms with Gasteiger partial charge in [-0.1, -0.05) is 0 Å². The zero-order chi connectivity index (χ0) is 11.3. The smallest absolute Gasteiger partial charge is 0.409 e. The van der Waals surface area contributed by atoms with Gasteiger partial charge in [0.15, 0.2) is 6.07 Å². The number of hydrogen-bond acceptors (Lipinski definition) is 4. The molecule has 1 fully saturated rings. The van der Waals surface area contributed by atoms with Crippen molar-refractivity contribution in [3.8, 4) is 6.07 Å². The zero-order valence-corrected chi connectivity index (χ0v) is 8.60. The van der Waals surface area contributed by atoms with Crippen molar-refractivity contribution >= 4 is 12.0 Å². The number of nitrogens with zero attached hydrogens (tertiary/aromatic N) is 3. The van der Waals surface area contributed by atoms with Crippen molar-refractivity contribution in [2.24, 2.45) is 0 Å². The maximum Gasteiger partial charge on any atom is 0.409 e. The molecule has 82 valence electrons. The first-order valence-electron chi connectivity index (χ1n) is 4.79. The predicted octanol–water partition coefficient (Wildman–Crippen LogP) is -0.189. The molecular weight excluding hydrogens is 198 g/mol. The number of carbonyl (C=O) groups is 2. The fourth-order valence-electron chi connectivity index (χ4n) is 1.38. The Morgan fingerprint density at radius 1 is 1.27 bits per heavy atom. The van der Waals surface area contributed by atoms with E-state index in [1.54, 1.807) is 13.0 Å². The maximum absolute atomic E-state index is 11.3. The van der Waals surface area contributed by atoms with Crippen LogP contribution in [0.25, 0.3) is 0 Å². The summed E-state index contributed by atoms with van der Waals surface area (Å²) in [6.07, 6.45) is -0.360.